The maximum atomic E-state index is 12.7. The van der Waals surface area contributed by atoms with Crippen LogP contribution in [0.2, 0.25) is 0 Å². The standard InChI is InChI=1S/C18H30N4O3/c1-15(17(23)25-2)13-22(11-6-10-21-12-9-19-14-21)18(24)20-16-7-4-3-5-8-16/h9,12,14-16H,3-8,10-11,13H2,1-2H3,(H,20,24). The van der Waals surface area contributed by atoms with Gasteiger partial charge in [0.15, 0.2) is 0 Å². The third-order valence-corrected chi connectivity index (χ3v) is 4.72. The number of nitrogens with zero attached hydrogens (tertiary/aromatic N) is 3. The molecule has 0 bridgehead atoms. The van der Waals surface area contributed by atoms with Gasteiger partial charge in [0.05, 0.1) is 19.4 Å². The van der Waals surface area contributed by atoms with E-state index in [1.54, 1.807) is 24.3 Å². The topological polar surface area (TPSA) is 76.5 Å². The van der Waals surface area contributed by atoms with Gasteiger partial charge in [-0.3, -0.25) is 4.79 Å². The highest BCUT2D eigenvalue weighted by molar-refractivity contribution is 5.76. The molecule has 25 heavy (non-hydrogen) atoms. The van der Waals surface area contributed by atoms with Crippen LogP contribution in [-0.2, 0) is 16.1 Å². The lowest BCUT2D eigenvalue weighted by molar-refractivity contribution is -0.145. The van der Waals surface area contributed by atoms with E-state index in [-0.39, 0.29) is 24.0 Å². The Morgan fingerprint density at radius 1 is 1.36 bits per heavy atom. The molecular formula is C18H30N4O3. The smallest absolute Gasteiger partial charge is 0.317 e. The fraction of sp³-hybridized carbons (Fsp3) is 0.722. The molecule has 1 heterocycles. The van der Waals surface area contributed by atoms with Gasteiger partial charge in [-0.1, -0.05) is 26.2 Å². The summed E-state index contributed by atoms with van der Waals surface area (Å²) in [6.45, 7) is 3.55. The molecule has 0 radical (unpaired) electrons. The minimum Gasteiger partial charge on any atom is -0.469 e. The van der Waals surface area contributed by atoms with E-state index < -0.39 is 0 Å². The molecule has 1 aromatic heterocycles. The van der Waals surface area contributed by atoms with Gasteiger partial charge in [-0.15, -0.1) is 0 Å². The molecular weight excluding hydrogens is 320 g/mol. The van der Waals surface area contributed by atoms with Gasteiger partial charge >= 0.3 is 12.0 Å². The van der Waals surface area contributed by atoms with Crippen LogP contribution < -0.4 is 5.32 Å². The van der Waals surface area contributed by atoms with Crippen LogP contribution in [0.5, 0.6) is 0 Å². The van der Waals surface area contributed by atoms with E-state index in [1.807, 2.05) is 10.8 Å². The van der Waals surface area contributed by atoms with Crippen LogP contribution in [0, 0.1) is 5.92 Å². The second kappa shape index (κ2) is 10.1. The van der Waals surface area contributed by atoms with Gasteiger partial charge in [-0.05, 0) is 19.3 Å². The van der Waals surface area contributed by atoms with Crippen molar-refractivity contribution < 1.29 is 14.3 Å². The number of urea groups is 1. The van der Waals surface area contributed by atoms with Crippen molar-refractivity contribution in [2.45, 2.75) is 58.0 Å². The molecule has 0 saturated heterocycles. The second-order valence-corrected chi connectivity index (χ2v) is 6.81. The number of esters is 1. The molecule has 1 saturated carbocycles. The van der Waals surface area contributed by atoms with Gasteiger partial charge < -0.3 is 19.5 Å². The highest BCUT2D eigenvalue weighted by Crippen LogP contribution is 2.18. The molecule has 2 amide bonds. The van der Waals surface area contributed by atoms with Crippen LogP contribution in [0.3, 0.4) is 0 Å². The van der Waals surface area contributed by atoms with E-state index in [0.29, 0.717) is 13.1 Å². The lowest BCUT2D eigenvalue weighted by atomic mass is 9.96. The number of carbonyl (C=O) groups is 2. The lowest BCUT2D eigenvalue weighted by Gasteiger charge is -2.29. The fourth-order valence-corrected chi connectivity index (χ4v) is 3.26. The molecule has 2 rings (SSSR count). The summed E-state index contributed by atoms with van der Waals surface area (Å²) in [7, 11) is 1.38. The first kappa shape index (κ1) is 19.3. The predicted octanol–water partition coefficient (Wildman–Crippen LogP) is 2.43. The molecule has 7 nitrogen and oxygen atoms in total. The largest absolute Gasteiger partial charge is 0.469 e. The normalized spacial score (nSPS) is 16.2. The average molecular weight is 350 g/mol. The Morgan fingerprint density at radius 3 is 2.76 bits per heavy atom. The van der Waals surface area contributed by atoms with Gasteiger partial charge in [0.1, 0.15) is 0 Å². The first-order valence-electron chi connectivity index (χ1n) is 9.19. The summed E-state index contributed by atoms with van der Waals surface area (Å²) >= 11 is 0. The number of carbonyl (C=O) groups excluding carboxylic acids is 2. The summed E-state index contributed by atoms with van der Waals surface area (Å²) in [5.41, 5.74) is 0. The number of nitrogens with one attached hydrogen (secondary N) is 1. The van der Waals surface area contributed by atoms with E-state index in [0.717, 1.165) is 25.8 Å². The summed E-state index contributed by atoms with van der Waals surface area (Å²) < 4.78 is 6.78. The number of ether oxygens (including phenoxy) is 1. The van der Waals surface area contributed by atoms with Crippen LogP contribution in [-0.4, -0.2) is 52.7 Å². The molecule has 1 aliphatic carbocycles. The zero-order valence-electron chi connectivity index (χ0n) is 15.3. The molecule has 0 aliphatic heterocycles. The molecule has 7 heteroatoms. The highest BCUT2D eigenvalue weighted by Gasteiger charge is 2.23. The first-order chi connectivity index (χ1) is 12.1. The van der Waals surface area contributed by atoms with Crippen molar-refractivity contribution in [3.8, 4) is 0 Å². The summed E-state index contributed by atoms with van der Waals surface area (Å²) in [5, 5.41) is 3.14. The Hall–Kier alpha value is -2.05. The zero-order valence-corrected chi connectivity index (χ0v) is 15.3. The molecule has 140 valence electrons. The van der Waals surface area contributed by atoms with Crippen molar-refractivity contribution in [2.75, 3.05) is 20.2 Å². The minimum atomic E-state index is -0.338. The predicted molar refractivity (Wildman–Crippen MR) is 95.0 cm³/mol. The van der Waals surface area contributed by atoms with Gasteiger partial charge in [0, 0.05) is 38.1 Å². The highest BCUT2D eigenvalue weighted by atomic mass is 16.5. The van der Waals surface area contributed by atoms with Gasteiger partial charge in [-0.2, -0.15) is 0 Å². The number of aromatic nitrogens is 2. The molecule has 1 fully saturated rings. The Labute approximate surface area is 149 Å². The van der Waals surface area contributed by atoms with Crippen LogP contribution in [0.1, 0.15) is 45.4 Å². The van der Waals surface area contributed by atoms with E-state index in [9.17, 15) is 9.59 Å². The summed E-state index contributed by atoms with van der Waals surface area (Å²) in [6.07, 6.45) is 11.9. The van der Waals surface area contributed by atoms with E-state index >= 15 is 0 Å². The number of imidazole rings is 1. The molecule has 0 aromatic carbocycles. The third kappa shape index (κ3) is 6.40. The number of rotatable bonds is 8. The molecule has 1 aliphatic rings. The van der Waals surface area contributed by atoms with E-state index in [2.05, 4.69) is 10.3 Å². The molecule has 1 unspecified atom stereocenters. The molecule has 0 spiro atoms. The Morgan fingerprint density at radius 2 is 2.12 bits per heavy atom. The Balaban J connectivity index is 1.89. The molecule has 1 aromatic rings. The van der Waals surface area contributed by atoms with Crippen molar-refractivity contribution in [1.82, 2.24) is 19.8 Å². The van der Waals surface area contributed by atoms with Crippen molar-refractivity contribution in [3.63, 3.8) is 0 Å². The van der Waals surface area contributed by atoms with E-state index in [4.69, 9.17) is 4.74 Å². The van der Waals surface area contributed by atoms with Crippen molar-refractivity contribution in [1.29, 1.82) is 0 Å². The second-order valence-electron chi connectivity index (χ2n) is 6.81. The van der Waals surface area contributed by atoms with Crippen molar-refractivity contribution in [2.24, 2.45) is 5.92 Å². The SMILES string of the molecule is COC(=O)C(C)CN(CCCn1ccnc1)C(=O)NC1CCCCC1. The number of hydrogen-bond acceptors (Lipinski definition) is 4. The van der Waals surface area contributed by atoms with Crippen molar-refractivity contribution in [3.05, 3.63) is 18.7 Å². The van der Waals surface area contributed by atoms with Crippen LogP contribution in [0.15, 0.2) is 18.7 Å². The summed E-state index contributed by atoms with van der Waals surface area (Å²) in [4.78, 5) is 30.2. The van der Waals surface area contributed by atoms with Crippen LogP contribution >= 0.6 is 0 Å². The maximum absolute atomic E-state index is 12.7. The Bertz CT molecular complexity index is 526. The summed E-state index contributed by atoms with van der Waals surface area (Å²) in [5.74, 6) is -0.625. The van der Waals surface area contributed by atoms with Crippen LogP contribution in [0.25, 0.3) is 0 Å². The number of methoxy groups -OCH3 is 1. The third-order valence-electron chi connectivity index (χ3n) is 4.72. The van der Waals surface area contributed by atoms with Crippen LogP contribution in [0.4, 0.5) is 4.79 Å². The number of amides is 2. The van der Waals surface area contributed by atoms with Gasteiger partial charge in [-0.25, -0.2) is 9.78 Å². The van der Waals surface area contributed by atoms with Gasteiger partial charge in [0.2, 0.25) is 0 Å². The lowest BCUT2D eigenvalue weighted by Crippen LogP contribution is -2.48. The fourth-order valence-electron chi connectivity index (χ4n) is 3.26. The molecule has 1 atom stereocenters. The first-order valence-corrected chi connectivity index (χ1v) is 9.19. The monoisotopic (exact) mass is 350 g/mol. The average Bonchev–Trinajstić information content (AvgIpc) is 3.14. The minimum absolute atomic E-state index is 0.0757. The maximum Gasteiger partial charge on any atom is 0.317 e. The van der Waals surface area contributed by atoms with Gasteiger partial charge in [0.25, 0.3) is 0 Å². The number of hydrogen-bond donors (Lipinski definition) is 1. The Kier molecular flexibility index (Phi) is 7.76. The number of aryl methyl sites for hydroxylation is 1. The quantitative estimate of drug-likeness (QED) is 0.731. The molecule has 1 N–H and O–H groups in total. The summed E-state index contributed by atoms with van der Waals surface area (Å²) in [6, 6.07) is 0.180. The van der Waals surface area contributed by atoms with Crippen molar-refractivity contribution >= 4 is 12.0 Å². The van der Waals surface area contributed by atoms with E-state index in [1.165, 1.54) is 26.4 Å². The zero-order chi connectivity index (χ0) is 18.1.